The van der Waals surface area contributed by atoms with Gasteiger partial charge in [-0.25, -0.2) is 0 Å². The van der Waals surface area contributed by atoms with E-state index in [2.05, 4.69) is 0 Å². The highest BCUT2D eigenvalue weighted by Gasteiger charge is 2.19. The number of carbonyl (C=O) groups excluding carboxylic acids is 1. The van der Waals surface area contributed by atoms with Crippen molar-refractivity contribution < 1.29 is 9.53 Å². The number of rotatable bonds is 2. The summed E-state index contributed by atoms with van der Waals surface area (Å²) in [7, 11) is 0. The summed E-state index contributed by atoms with van der Waals surface area (Å²) in [6, 6.07) is 15.3. The van der Waals surface area contributed by atoms with Gasteiger partial charge in [0.2, 0.25) is 5.91 Å². The van der Waals surface area contributed by atoms with Gasteiger partial charge in [-0.2, -0.15) is 0 Å². The first kappa shape index (κ1) is 13.5. The fourth-order valence-electron chi connectivity index (χ4n) is 2.53. The van der Waals surface area contributed by atoms with E-state index in [0.717, 1.165) is 16.9 Å². The van der Waals surface area contributed by atoms with Crippen molar-refractivity contribution in [1.82, 2.24) is 4.90 Å². The molecule has 2 aromatic rings. The molecule has 108 valence electrons. The van der Waals surface area contributed by atoms with Crippen molar-refractivity contribution in [1.29, 1.82) is 0 Å². The van der Waals surface area contributed by atoms with Crippen LogP contribution in [0.3, 0.4) is 0 Å². The second kappa shape index (κ2) is 5.87. The SMILES string of the molecule is Nc1cccc(CC(=O)N2CCOc3ccccc3C2)c1. The number of nitrogens with zero attached hydrogens (tertiary/aromatic N) is 1. The molecule has 1 heterocycles. The number of hydrogen-bond donors (Lipinski definition) is 1. The number of ether oxygens (including phenoxy) is 1. The van der Waals surface area contributed by atoms with Crippen LogP contribution in [0.2, 0.25) is 0 Å². The first-order valence-corrected chi connectivity index (χ1v) is 7.05. The van der Waals surface area contributed by atoms with Gasteiger partial charge in [-0.05, 0) is 23.8 Å². The zero-order valence-electron chi connectivity index (χ0n) is 11.8. The number of fused-ring (bicyclic) bond motifs is 1. The molecule has 3 rings (SSSR count). The molecule has 2 N–H and O–H groups in total. The Morgan fingerprint density at radius 1 is 1.19 bits per heavy atom. The number of nitrogen functional groups attached to an aromatic ring is 1. The lowest BCUT2D eigenvalue weighted by Crippen LogP contribution is -2.33. The van der Waals surface area contributed by atoms with Gasteiger partial charge >= 0.3 is 0 Å². The monoisotopic (exact) mass is 282 g/mol. The van der Waals surface area contributed by atoms with E-state index in [9.17, 15) is 4.79 Å². The predicted molar refractivity (Wildman–Crippen MR) is 81.9 cm³/mol. The molecule has 0 saturated heterocycles. The number of benzene rings is 2. The summed E-state index contributed by atoms with van der Waals surface area (Å²) in [5, 5.41) is 0. The second-order valence-electron chi connectivity index (χ2n) is 5.19. The van der Waals surface area contributed by atoms with Crippen LogP contribution in [-0.2, 0) is 17.8 Å². The number of nitrogens with two attached hydrogens (primary N) is 1. The Bertz CT molecular complexity index is 655. The standard InChI is InChI=1S/C17H18N2O2/c18-15-6-3-4-13(10-15)11-17(20)19-8-9-21-16-7-2-1-5-14(16)12-19/h1-7,10H,8-9,11-12,18H2. The van der Waals surface area contributed by atoms with Gasteiger partial charge < -0.3 is 15.4 Å². The minimum atomic E-state index is 0.0981. The molecule has 2 aromatic carbocycles. The molecule has 0 saturated carbocycles. The summed E-state index contributed by atoms with van der Waals surface area (Å²) in [6.07, 6.45) is 0.368. The van der Waals surface area contributed by atoms with Gasteiger partial charge in [-0.1, -0.05) is 30.3 Å². The quantitative estimate of drug-likeness (QED) is 0.859. The third kappa shape index (κ3) is 3.16. The van der Waals surface area contributed by atoms with Crippen molar-refractivity contribution in [3.8, 4) is 5.75 Å². The molecule has 21 heavy (non-hydrogen) atoms. The number of amides is 1. The van der Waals surface area contributed by atoms with Crippen LogP contribution in [-0.4, -0.2) is 24.0 Å². The molecule has 0 bridgehead atoms. The molecule has 0 fully saturated rings. The van der Waals surface area contributed by atoms with Crippen LogP contribution in [0.15, 0.2) is 48.5 Å². The summed E-state index contributed by atoms with van der Waals surface area (Å²) in [4.78, 5) is 14.3. The number of hydrogen-bond acceptors (Lipinski definition) is 3. The maximum Gasteiger partial charge on any atom is 0.227 e. The van der Waals surface area contributed by atoms with Gasteiger partial charge in [0, 0.05) is 17.8 Å². The van der Waals surface area contributed by atoms with Crippen LogP contribution in [0.1, 0.15) is 11.1 Å². The molecule has 1 aliphatic rings. The van der Waals surface area contributed by atoms with E-state index in [-0.39, 0.29) is 5.91 Å². The van der Waals surface area contributed by atoms with Crippen molar-refractivity contribution in [3.05, 3.63) is 59.7 Å². The Labute approximate surface area is 124 Å². The van der Waals surface area contributed by atoms with E-state index in [1.807, 2.05) is 53.4 Å². The third-order valence-electron chi connectivity index (χ3n) is 3.61. The van der Waals surface area contributed by atoms with Crippen molar-refractivity contribution in [3.63, 3.8) is 0 Å². The Balaban J connectivity index is 1.73. The number of carbonyl (C=O) groups is 1. The average Bonchev–Trinajstić information content (AvgIpc) is 2.69. The van der Waals surface area contributed by atoms with Gasteiger partial charge in [-0.15, -0.1) is 0 Å². The van der Waals surface area contributed by atoms with Crippen molar-refractivity contribution in [2.24, 2.45) is 0 Å². The molecule has 0 radical (unpaired) electrons. The molecule has 4 heteroatoms. The average molecular weight is 282 g/mol. The van der Waals surface area contributed by atoms with Crippen LogP contribution < -0.4 is 10.5 Å². The Morgan fingerprint density at radius 2 is 2.05 bits per heavy atom. The first-order chi connectivity index (χ1) is 10.2. The highest BCUT2D eigenvalue weighted by Crippen LogP contribution is 2.22. The molecule has 0 aromatic heterocycles. The number of para-hydroxylation sites is 1. The van der Waals surface area contributed by atoms with Gasteiger partial charge in [-0.3, -0.25) is 4.79 Å². The molecular formula is C17H18N2O2. The minimum absolute atomic E-state index is 0.0981. The maximum atomic E-state index is 12.5. The molecule has 1 amide bonds. The summed E-state index contributed by atoms with van der Waals surface area (Å²) < 4.78 is 5.68. The Hall–Kier alpha value is -2.49. The van der Waals surface area contributed by atoms with E-state index < -0.39 is 0 Å². The molecular weight excluding hydrogens is 264 g/mol. The lowest BCUT2D eigenvalue weighted by molar-refractivity contribution is -0.131. The Morgan fingerprint density at radius 3 is 2.90 bits per heavy atom. The molecule has 0 spiro atoms. The van der Waals surface area contributed by atoms with Crippen LogP contribution in [0.5, 0.6) is 5.75 Å². The first-order valence-electron chi connectivity index (χ1n) is 7.05. The van der Waals surface area contributed by atoms with E-state index >= 15 is 0 Å². The van der Waals surface area contributed by atoms with Crippen LogP contribution in [0.4, 0.5) is 5.69 Å². The number of anilines is 1. The zero-order chi connectivity index (χ0) is 14.7. The van der Waals surface area contributed by atoms with E-state index in [1.54, 1.807) is 0 Å². The zero-order valence-corrected chi connectivity index (χ0v) is 11.8. The van der Waals surface area contributed by atoms with Crippen LogP contribution >= 0.6 is 0 Å². The van der Waals surface area contributed by atoms with Crippen molar-refractivity contribution in [2.45, 2.75) is 13.0 Å². The molecule has 0 unspecified atom stereocenters. The normalized spacial score (nSPS) is 14.0. The van der Waals surface area contributed by atoms with Crippen molar-refractivity contribution in [2.75, 3.05) is 18.9 Å². The summed E-state index contributed by atoms with van der Waals surface area (Å²) >= 11 is 0. The summed E-state index contributed by atoms with van der Waals surface area (Å²) in [6.45, 7) is 1.73. The van der Waals surface area contributed by atoms with E-state index in [4.69, 9.17) is 10.5 Å². The van der Waals surface area contributed by atoms with Gasteiger partial charge in [0.05, 0.1) is 13.0 Å². The van der Waals surface area contributed by atoms with E-state index in [1.165, 1.54) is 0 Å². The molecule has 0 aliphatic carbocycles. The summed E-state index contributed by atoms with van der Waals surface area (Å²) in [5.41, 5.74) is 8.44. The Kier molecular flexibility index (Phi) is 3.77. The van der Waals surface area contributed by atoms with Crippen LogP contribution in [0.25, 0.3) is 0 Å². The topological polar surface area (TPSA) is 55.6 Å². The molecule has 4 nitrogen and oxygen atoms in total. The lowest BCUT2D eigenvalue weighted by Gasteiger charge is -2.20. The van der Waals surface area contributed by atoms with E-state index in [0.29, 0.717) is 31.8 Å². The van der Waals surface area contributed by atoms with Gasteiger partial charge in [0.15, 0.2) is 0 Å². The predicted octanol–water partition coefficient (Wildman–Crippen LogP) is 2.23. The maximum absolute atomic E-state index is 12.5. The fourth-order valence-corrected chi connectivity index (χ4v) is 2.53. The smallest absolute Gasteiger partial charge is 0.227 e. The summed E-state index contributed by atoms with van der Waals surface area (Å²) in [5.74, 6) is 0.970. The van der Waals surface area contributed by atoms with Gasteiger partial charge in [0.25, 0.3) is 0 Å². The molecule has 0 atom stereocenters. The minimum Gasteiger partial charge on any atom is -0.491 e. The van der Waals surface area contributed by atoms with Gasteiger partial charge in [0.1, 0.15) is 12.4 Å². The molecule has 1 aliphatic heterocycles. The largest absolute Gasteiger partial charge is 0.491 e. The highest BCUT2D eigenvalue weighted by atomic mass is 16.5. The lowest BCUT2D eigenvalue weighted by atomic mass is 10.1. The fraction of sp³-hybridized carbons (Fsp3) is 0.235. The van der Waals surface area contributed by atoms with Crippen LogP contribution in [0, 0.1) is 0 Å². The van der Waals surface area contributed by atoms with Crippen molar-refractivity contribution >= 4 is 11.6 Å². The highest BCUT2D eigenvalue weighted by molar-refractivity contribution is 5.79. The third-order valence-corrected chi connectivity index (χ3v) is 3.61. The second-order valence-corrected chi connectivity index (χ2v) is 5.19.